The molecule has 0 aliphatic heterocycles. The number of fused-ring (bicyclic) bond motifs is 1. The van der Waals surface area contributed by atoms with Gasteiger partial charge in [-0.25, -0.2) is 0 Å². The molecule has 0 amide bonds. The lowest BCUT2D eigenvalue weighted by atomic mass is 10.1. The number of hydrogen-bond donors (Lipinski definition) is 1. The molecule has 0 saturated carbocycles. The van der Waals surface area contributed by atoms with E-state index in [2.05, 4.69) is 4.98 Å². The Bertz CT molecular complexity index is 584. The Morgan fingerprint density at radius 3 is 2.47 bits per heavy atom. The van der Waals surface area contributed by atoms with Crippen molar-refractivity contribution in [2.24, 2.45) is 0 Å². The topological polar surface area (TPSA) is 51.3 Å². The Kier molecular flexibility index (Phi) is 2.79. The summed E-state index contributed by atoms with van der Waals surface area (Å²) in [6.45, 7) is 3.43. The summed E-state index contributed by atoms with van der Waals surface area (Å²) in [4.78, 5) is 14.8. The number of aromatic nitrogens is 1. The van der Waals surface area contributed by atoms with E-state index in [4.69, 9.17) is 9.47 Å². The second kappa shape index (κ2) is 4.13. The van der Waals surface area contributed by atoms with Crippen molar-refractivity contribution in [3.63, 3.8) is 0 Å². The van der Waals surface area contributed by atoms with E-state index in [0.717, 1.165) is 16.6 Å². The van der Waals surface area contributed by atoms with Crippen molar-refractivity contribution in [2.45, 2.75) is 13.8 Å². The van der Waals surface area contributed by atoms with Gasteiger partial charge in [0, 0.05) is 23.4 Å². The van der Waals surface area contributed by atoms with Gasteiger partial charge in [-0.1, -0.05) is 0 Å². The minimum Gasteiger partial charge on any atom is -0.497 e. The Balaban J connectivity index is 2.85. The molecule has 2 rings (SSSR count). The van der Waals surface area contributed by atoms with Crippen molar-refractivity contribution < 1.29 is 14.3 Å². The number of aryl methyl sites for hydroxylation is 1. The van der Waals surface area contributed by atoms with Crippen LogP contribution in [0, 0.1) is 6.92 Å². The van der Waals surface area contributed by atoms with Crippen molar-refractivity contribution in [2.75, 3.05) is 14.2 Å². The van der Waals surface area contributed by atoms with Crippen LogP contribution >= 0.6 is 0 Å². The first-order valence-electron chi connectivity index (χ1n) is 5.33. The molecule has 90 valence electrons. The van der Waals surface area contributed by atoms with E-state index >= 15 is 0 Å². The predicted molar refractivity (Wildman–Crippen MR) is 66.1 cm³/mol. The summed E-state index contributed by atoms with van der Waals surface area (Å²) in [5, 5.41) is 0.818. The molecule has 1 N–H and O–H groups in total. The summed E-state index contributed by atoms with van der Waals surface area (Å²) < 4.78 is 10.5. The fourth-order valence-corrected chi connectivity index (χ4v) is 2.12. The molecular formula is C13H15NO3. The second-order valence-electron chi connectivity index (χ2n) is 3.93. The molecule has 17 heavy (non-hydrogen) atoms. The number of nitrogens with one attached hydrogen (secondary N) is 1. The van der Waals surface area contributed by atoms with Gasteiger partial charge in [0.1, 0.15) is 11.5 Å². The maximum Gasteiger partial charge on any atom is 0.162 e. The maximum absolute atomic E-state index is 11.7. The summed E-state index contributed by atoms with van der Waals surface area (Å²) in [6.07, 6.45) is 0. The average Bonchev–Trinajstić information content (AvgIpc) is 2.63. The quantitative estimate of drug-likeness (QED) is 0.829. The monoisotopic (exact) mass is 233 g/mol. The van der Waals surface area contributed by atoms with Gasteiger partial charge in [-0.2, -0.15) is 0 Å². The normalized spacial score (nSPS) is 10.6. The Labute approximate surface area is 99.5 Å². The number of carbonyl (C=O) groups is 1. The lowest BCUT2D eigenvalue weighted by Crippen LogP contribution is -1.95. The predicted octanol–water partition coefficient (Wildman–Crippen LogP) is 2.70. The van der Waals surface area contributed by atoms with Gasteiger partial charge in [0.05, 0.1) is 25.1 Å². The third-order valence-corrected chi connectivity index (χ3v) is 2.83. The highest BCUT2D eigenvalue weighted by Gasteiger charge is 2.17. The average molecular weight is 233 g/mol. The second-order valence-corrected chi connectivity index (χ2v) is 3.93. The number of methoxy groups -OCH3 is 2. The number of ketones is 1. The van der Waals surface area contributed by atoms with Crippen molar-refractivity contribution in [1.29, 1.82) is 0 Å². The van der Waals surface area contributed by atoms with Crippen LogP contribution in [0.5, 0.6) is 11.5 Å². The highest BCUT2D eigenvalue weighted by Crippen LogP contribution is 2.35. The number of rotatable bonds is 3. The largest absolute Gasteiger partial charge is 0.497 e. The number of H-pyrrole nitrogens is 1. The molecule has 1 aromatic heterocycles. The SMILES string of the molecule is COc1cc(OC)c2c(C(C)=O)c(C)[nH]c2c1. The van der Waals surface area contributed by atoms with Crippen molar-refractivity contribution >= 4 is 16.7 Å². The molecule has 0 aliphatic carbocycles. The van der Waals surface area contributed by atoms with Crippen LogP contribution < -0.4 is 9.47 Å². The van der Waals surface area contributed by atoms with Crippen LogP contribution in [-0.2, 0) is 0 Å². The summed E-state index contributed by atoms with van der Waals surface area (Å²) in [7, 11) is 3.18. The molecule has 0 spiro atoms. The third-order valence-electron chi connectivity index (χ3n) is 2.83. The van der Waals surface area contributed by atoms with Crippen molar-refractivity contribution in [3.8, 4) is 11.5 Å². The Hall–Kier alpha value is -1.97. The van der Waals surface area contributed by atoms with Gasteiger partial charge in [-0.15, -0.1) is 0 Å². The summed E-state index contributed by atoms with van der Waals surface area (Å²) in [5.74, 6) is 1.37. The van der Waals surface area contributed by atoms with Gasteiger partial charge < -0.3 is 14.5 Å². The van der Waals surface area contributed by atoms with Crippen molar-refractivity contribution in [3.05, 3.63) is 23.4 Å². The van der Waals surface area contributed by atoms with Crippen LogP contribution in [0.3, 0.4) is 0 Å². The maximum atomic E-state index is 11.7. The lowest BCUT2D eigenvalue weighted by molar-refractivity contribution is 0.101. The molecule has 4 nitrogen and oxygen atoms in total. The highest BCUT2D eigenvalue weighted by atomic mass is 16.5. The van der Waals surface area contributed by atoms with Crippen LogP contribution in [0.4, 0.5) is 0 Å². The van der Waals surface area contributed by atoms with Crippen LogP contribution in [-0.4, -0.2) is 25.0 Å². The first-order chi connectivity index (χ1) is 8.08. The standard InChI is InChI=1S/C13H15NO3/c1-7-12(8(2)15)13-10(14-7)5-9(16-3)6-11(13)17-4/h5-6,14H,1-4H3. The molecule has 1 heterocycles. The minimum atomic E-state index is 0.0252. The van der Waals surface area contributed by atoms with E-state index in [1.807, 2.05) is 13.0 Å². The number of Topliss-reactive ketones (excluding diaryl/α,β-unsaturated/α-hetero) is 1. The van der Waals surface area contributed by atoms with Crippen LogP contribution in [0.1, 0.15) is 23.0 Å². The van der Waals surface area contributed by atoms with Gasteiger partial charge in [-0.05, 0) is 13.8 Å². The van der Waals surface area contributed by atoms with E-state index < -0.39 is 0 Å². The van der Waals surface area contributed by atoms with Gasteiger partial charge in [0.15, 0.2) is 5.78 Å². The Morgan fingerprint density at radius 2 is 1.94 bits per heavy atom. The van der Waals surface area contributed by atoms with E-state index in [0.29, 0.717) is 17.1 Å². The molecule has 2 aromatic rings. The lowest BCUT2D eigenvalue weighted by Gasteiger charge is -2.06. The molecule has 4 heteroatoms. The van der Waals surface area contributed by atoms with E-state index in [-0.39, 0.29) is 5.78 Å². The minimum absolute atomic E-state index is 0.0252. The first kappa shape index (κ1) is 11.5. The molecule has 0 bridgehead atoms. The zero-order chi connectivity index (χ0) is 12.6. The fourth-order valence-electron chi connectivity index (χ4n) is 2.12. The smallest absolute Gasteiger partial charge is 0.162 e. The number of hydrogen-bond acceptors (Lipinski definition) is 3. The molecule has 0 unspecified atom stereocenters. The number of aromatic amines is 1. The third kappa shape index (κ3) is 1.75. The van der Waals surface area contributed by atoms with Gasteiger partial charge >= 0.3 is 0 Å². The zero-order valence-corrected chi connectivity index (χ0v) is 10.4. The molecular weight excluding hydrogens is 218 g/mol. The Morgan fingerprint density at radius 1 is 1.24 bits per heavy atom. The van der Waals surface area contributed by atoms with Crippen LogP contribution in [0.25, 0.3) is 10.9 Å². The molecule has 0 saturated heterocycles. The van der Waals surface area contributed by atoms with Crippen molar-refractivity contribution in [1.82, 2.24) is 4.98 Å². The molecule has 1 aromatic carbocycles. The fraction of sp³-hybridized carbons (Fsp3) is 0.308. The highest BCUT2D eigenvalue weighted by molar-refractivity contribution is 6.10. The molecule has 0 fully saturated rings. The molecule has 0 atom stereocenters. The van der Waals surface area contributed by atoms with Gasteiger partial charge in [0.2, 0.25) is 0 Å². The number of ether oxygens (including phenoxy) is 2. The van der Waals surface area contributed by atoms with Crippen LogP contribution in [0.15, 0.2) is 12.1 Å². The molecule has 0 aliphatic rings. The number of carbonyl (C=O) groups excluding carboxylic acids is 1. The van der Waals surface area contributed by atoms with E-state index in [9.17, 15) is 4.79 Å². The van der Waals surface area contributed by atoms with Crippen LogP contribution in [0.2, 0.25) is 0 Å². The summed E-state index contributed by atoms with van der Waals surface area (Å²) >= 11 is 0. The van der Waals surface area contributed by atoms with E-state index in [1.165, 1.54) is 0 Å². The molecule has 0 radical (unpaired) electrons. The summed E-state index contributed by atoms with van der Waals surface area (Å²) in [6, 6.07) is 3.64. The van der Waals surface area contributed by atoms with E-state index in [1.54, 1.807) is 27.2 Å². The first-order valence-corrected chi connectivity index (χ1v) is 5.33. The van der Waals surface area contributed by atoms with Gasteiger partial charge in [0.25, 0.3) is 0 Å². The number of benzene rings is 1. The van der Waals surface area contributed by atoms with Gasteiger partial charge in [-0.3, -0.25) is 4.79 Å². The zero-order valence-electron chi connectivity index (χ0n) is 10.4. The summed E-state index contributed by atoms with van der Waals surface area (Å²) in [5.41, 5.74) is 2.38.